The Bertz CT molecular complexity index is 328. The number of hydrogen-bond acceptors (Lipinski definition) is 4. The monoisotopic (exact) mass is 210 g/mol. The Kier molecular flexibility index (Phi) is 4.07. The molecule has 3 nitrogen and oxygen atoms in total. The molecule has 0 aliphatic rings. The molecule has 0 saturated heterocycles. The molecule has 76 valence electrons. The normalized spacial score (nSPS) is 12.5. The maximum atomic E-state index is 11.3. The van der Waals surface area contributed by atoms with Crippen molar-refractivity contribution in [3.05, 3.63) is 18.0 Å². The maximum Gasteiger partial charge on any atom is 0.188 e. The van der Waals surface area contributed by atoms with Crippen molar-refractivity contribution in [3.63, 3.8) is 0 Å². The van der Waals surface area contributed by atoms with E-state index in [0.29, 0.717) is 11.6 Å². The van der Waals surface area contributed by atoms with Gasteiger partial charge >= 0.3 is 0 Å². The largest absolute Gasteiger partial charge is 0.298 e. The summed E-state index contributed by atoms with van der Waals surface area (Å²) >= 11 is 1.42. The van der Waals surface area contributed by atoms with Gasteiger partial charge in [-0.25, -0.2) is 9.97 Å². The zero-order valence-electron chi connectivity index (χ0n) is 8.65. The molecule has 4 heteroatoms. The first-order valence-corrected chi connectivity index (χ1v) is 5.50. The van der Waals surface area contributed by atoms with E-state index in [0.717, 1.165) is 5.69 Å². The van der Waals surface area contributed by atoms with E-state index in [4.69, 9.17) is 0 Å². The zero-order chi connectivity index (χ0) is 10.6. The van der Waals surface area contributed by atoms with E-state index < -0.39 is 0 Å². The minimum atomic E-state index is -0.0539. The molecule has 0 saturated carbocycles. The lowest BCUT2D eigenvalue weighted by molar-refractivity contribution is -0.118. The van der Waals surface area contributed by atoms with Crippen LogP contribution in [0.4, 0.5) is 0 Å². The number of Topliss-reactive ketones (excluding diaryl/α,β-unsaturated/α-hetero) is 1. The molecular weight excluding hydrogens is 196 g/mol. The summed E-state index contributed by atoms with van der Waals surface area (Å²) in [4.78, 5) is 19.7. The highest BCUT2D eigenvalue weighted by Gasteiger charge is 2.13. The highest BCUT2D eigenvalue weighted by molar-refractivity contribution is 8.00. The van der Waals surface area contributed by atoms with Crippen LogP contribution in [0.3, 0.4) is 0 Å². The topological polar surface area (TPSA) is 42.9 Å². The first kappa shape index (κ1) is 11.2. The molecule has 1 aromatic rings. The van der Waals surface area contributed by atoms with Crippen molar-refractivity contribution in [2.45, 2.75) is 37.6 Å². The summed E-state index contributed by atoms with van der Waals surface area (Å²) in [6, 6.07) is 1.84. The van der Waals surface area contributed by atoms with Crippen molar-refractivity contribution in [1.29, 1.82) is 0 Å². The molecule has 1 aromatic heterocycles. The number of aryl methyl sites for hydroxylation is 1. The van der Waals surface area contributed by atoms with E-state index in [9.17, 15) is 4.79 Å². The summed E-state index contributed by atoms with van der Waals surface area (Å²) in [5, 5.41) is 0.626. The molecule has 0 fully saturated rings. The summed E-state index contributed by atoms with van der Waals surface area (Å²) < 4.78 is 0. The summed E-state index contributed by atoms with van der Waals surface area (Å²) in [7, 11) is 0. The molecule has 0 amide bonds. The Morgan fingerprint density at radius 3 is 2.93 bits per heavy atom. The number of rotatable bonds is 4. The fourth-order valence-electron chi connectivity index (χ4n) is 0.994. The average molecular weight is 210 g/mol. The highest BCUT2D eigenvalue weighted by atomic mass is 32.2. The third-order valence-corrected chi connectivity index (χ3v) is 2.88. The minimum absolute atomic E-state index is 0.0539. The molecule has 14 heavy (non-hydrogen) atoms. The van der Waals surface area contributed by atoms with Crippen molar-refractivity contribution in [2.75, 3.05) is 0 Å². The van der Waals surface area contributed by atoms with Gasteiger partial charge in [-0.2, -0.15) is 0 Å². The number of carbonyl (C=O) groups excluding carboxylic acids is 1. The lowest BCUT2D eigenvalue weighted by Crippen LogP contribution is -2.12. The van der Waals surface area contributed by atoms with Gasteiger partial charge in [-0.1, -0.05) is 18.7 Å². The molecule has 1 rings (SSSR count). The van der Waals surface area contributed by atoms with Crippen molar-refractivity contribution in [3.8, 4) is 0 Å². The zero-order valence-corrected chi connectivity index (χ0v) is 9.47. The summed E-state index contributed by atoms with van der Waals surface area (Å²) in [5.74, 6) is 0.236. The van der Waals surface area contributed by atoms with Crippen molar-refractivity contribution in [2.24, 2.45) is 0 Å². The maximum absolute atomic E-state index is 11.3. The molecule has 0 bridgehead atoms. The van der Waals surface area contributed by atoms with Crippen LogP contribution >= 0.6 is 11.8 Å². The Labute approximate surface area is 88.3 Å². The lowest BCUT2D eigenvalue weighted by atomic mass is 10.2. The van der Waals surface area contributed by atoms with Crippen LogP contribution in [0.25, 0.3) is 0 Å². The van der Waals surface area contributed by atoms with E-state index in [1.165, 1.54) is 11.8 Å². The van der Waals surface area contributed by atoms with E-state index >= 15 is 0 Å². The first-order chi connectivity index (χ1) is 6.63. The van der Waals surface area contributed by atoms with Crippen LogP contribution in [-0.4, -0.2) is 21.0 Å². The van der Waals surface area contributed by atoms with E-state index in [1.54, 1.807) is 6.20 Å². The average Bonchev–Trinajstić information content (AvgIpc) is 2.16. The van der Waals surface area contributed by atoms with Crippen molar-refractivity contribution >= 4 is 17.5 Å². The molecule has 0 aliphatic heterocycles. The van der Waals surface area contributed by atoms with E-state index in [2.05, 4.69) is 9.97 Å². The first-order valence-electron chi connectivity index (χ1n) is 4.62. The molecular formula is C10H14N2OS. The van der Waals surface area contributed by atoms with Crippen LogP contribution in [0, 0.1) is 6.92 Å². The number of thioether (sulfide) groups is 1. The van der Waals surface area contributed by atoms with Gasteiger partial charge in [0.25, 0.3) is 0 Å². The van der Waals surface area contributed by atoms with Crippen LogP contribution in [0.15, 0.2) is 17.4 Å². The molecule has 0 aromatic carbocycles. The number of ketones is 1. The smallest absolute Gasteiger partial charge is 0.188 e. The van der Waals surface area contributed by atoms with E-state index in [1.807, 2.05) is 26.8 Å². The van der Waals surface area contributed by atoms with Gasteiger partial charge in [-0.15, -0.1) is 0 Å². The molecule has 1 unspecified atom stereocenters. The summed E-state index contributed by atoms with van der Waals surface area (Å²) in [5.41, 5.74) is 0.929. The van der Waals surface area contributed by atoms with Crippen LogP contribution in [0.1, 0.15) is 26.0 Å². The summed E-state index contributed by atoms with van der Waals surface area (Å²) in [6.45, 7) is 5.68. The number of hydrogen-bond donors (Lipinski definition) is 0. The number of nitrogens with zero attached hydrogens (tertiary/aromatic N) is 2. The van der Waals surface area contributed by atoms with Gasteiger partial charge in [0.05, 0.1) is 5.25 Å². The molecule has 1 heterocycles. The van der Waals surface area contributed by atoms with Gasteiger partial charge in [-0.3, -0.25) is 4.79 Å². The van der Waals surface area contributed by atoms with Crippen molar-refractivity contribution in [1.82, 2.24) is 9.97 Å². The molecule has 1 atom stereocenters. The third kappa shape index (κ3) is 3.10. The Morgan fingerprint density at radius 1 is 1.64 bits per heavy atom. The Balaban J connectivity index is 2.64. The van der Waals surface area contributed by atoms with Gasteiger partial charge in [0.15, 0.2) is 5.16 Å². The van der Waals surface area contributed by atoms with Crippen molar-refractivity contribution < 1.29 is 4.79 Å². The fourth-order valence-corrected chi connectivity index (χ4v) is 1.93. The van der Waals surface area contributed by atoms with Gasteiger partial charge < -0.3 is 0 Å². The SMILES string of the molecule is CCC(=O)C(C)Sc1nccc(C)n1. The molecule has 0 spiro atoms. The molecule has 0 radical (unpaired) electrons. The lowest BCUT2D eigenvalue weighted by Gasteiger charge is -2.06. The van der Waals surface area contributed by atoms with Gasteiger partial charge in [0, 0.05) is 18.3 Å². The van der Waals surface area contributed by atoms with E-state index in [-0.39, 0.29) is 11.0 Å². The highest BCUT2D eigenvalue weighted by Crippen LogP contribution is 2.20. The van der Waals surface area contributed by atoms with Crippen LogP contribution < -0.4 is 0 Å². The second kappa shape index (κ2) is 5.10. The summed E-state index contributed by atoms with van der Waals surface area (Å²) in [6.07, 6.45) is 2.29. The molecule has 0 aliphatic carbocycles. The number of carbonyl (C=O) groups is 1. The van der Waals surface area contributed by atoms with Gasteiger partial charge in [0.1, 0.15) is 5.78 Å². The number of aromatic nitrogens is 2. The van der Waals surface area contributed by atoms with Crippen LogP contribution in [0.2, 0.25) is 0 Å². The fraction of sp³-hybridized carbons (Fsp3) is 0.500. The van der Waals surface area contributed by atoms with Crippen LogP contribution in [0.5, 0.6) is 0 Å². The standard InChI is InChI=1S/C10H14N2OS/c1-4-9(13)8(3)14-10-11-6-5-7(2)12-10/h5-6,8H,4H2,1-3H3. The van der Waals surface area contributed by atoms with Gasteiger partial charge in [-0.05, 0) is 19.9 Å². The minimum Gasteiger partial charge on any atom is -0.298 e. The third-order valence-electron chi connectivity index (χ3n) is 1.86. The predicted molar refractivity (Wildman–Crippen MR) is 57.4 cm³/mol. The Morgan fingerprint density at radius 2 is 2.36 bits per heavy atom. The quantitative estimate of drug-likeness (QED) is 0.564. The second-order valence-electron chi connectivity index (χ2n) is 3.06. The molecule has 0 N–H and O–H groups in total. The second-order valence-corrected chi connectivity index (χ2v) is 4.37. The van der Waals surface area contributed by atoms with Crippen LogP contribution in [-0.2, 0) is 4.79 Å². The van der Waals surface area contributed by atoms with Gasteiger partial charge in [0.2, 0.25) is 0 Å². The predicted octanol–water partition coefficient (Wildman–Crippen LogP) is 2.24. The Hall–Kier alpha value is -0.900.